The molecule has 0 aliphatic heterocycles. The molecule has 18 heavy (non-hydrogen) atoms. The predicted octanol–water partition coefficient (Wildman–Crippen LogP) is 1.60. The van der Waals surface area contributed by atoms with Gasteiger partial charge in [0.2, 0.25) is 0 Å². The van der Waals surface area contributed by atoms with Crippen LogP contribution in [0.15, 0.2) is 4.90 Å². The zero-order chi connectivity index (χ0) is 14.1. The van der Waals surface area contributed by atoms with Crippen LogP contribution < -0.4 is 5.32 Å². The second-order valence-corrected chi connectivity index (χ2v) is 4.68. The molecule has 0 spiro atoms. The number of nitrogens with one attached hydrogen (secondary N) is 1. The van der Waals surface area contributed by atoms with Gasteiger partial charge >= 0.3 is 10.1 Å². The van der Waals surface area contributed by atoms with Crippen LogP contribution in [0.5, 0.6) is 0 Å². The zero-order valence-electron chi connectivity index (χ0n) is 9.10. The monoisotopic (exact) mass is 287 g/mol. The highest BCUT2D eigenvalue weighted by atomic mass is 32.2. The van der Waals surface area contributed by atoms with Gasteiger partial charge in [-0.3, -0.25) is 4.55 Å². The van der Waals surface area contributed by atoms with E-state index < -0.39 is 50.4 Å². The lowest BCUT2D eigenvalue weighted by Crippen LogP contribution is -2.19. The van der Waals surface area contributed by atoms with E-state index in [9.17, 15) is 26.0 Å². The van der Waals surface area contributed by atoms with Gasteiger partial charge in [-0.2, -0.15) is 8.42 Å². The van der Waals surface area contributed by atoms with Gasteiger partial charge in [0.25, 0.3) is 0 Å². The summed E-state index contributed by atoms with van der Waals surface area (Å²) in [7, 11) is -5.40. The summed E-state index contributed by atoms with van der Waals surface area (Å²) in [6.45, 7) is 1.35. The van der Waals surface area contributed by atoms with E-state index in [1.165, 1.54) is 0 Å². The first-order chi connectivity index (χ1) is 8.21. The minimum Gasteiger partial charge on any atom is -0.313 e. The molecule has 1 rings (SSSR count). The van der Waals surface area contributed by atoms with E-state index in [4.69, 9.17) is 4.55 Å². The Bertz CT molecular complexity index is 545. The summed E-state index contributed by atoms with van der Waals surface area (Å²) in [4.78, 5) is -2.03. The minimum atomic E-state index is -5.40. The molecule has 0 aromatic heterocycles. The molecule has 0 heterocycles. The zero-order valence-corrected chi connectivity index (χ0v) is 9.91. The molecule has 1 aromatic carbocycles. The average molecular weight is 287 g/mol. The van der Waals surface area contributed by atoms with Gasteiger partial charge in [0, 0.05) is 12.1 Å². The normalized spacial score (nSPS) is 11.9. The molecule has 4 nitrogen and oxygen atoms in total. The summed E-state index contributed by atoms with van der Waals surface area (Å²) < 4.78 is 83.0. The van der Waals surface area contributed by atoms with Crippen molar-refractivity contribution in [1.29, 1.82) is 0 Å². The van der Waals surface area contributed by atoms with Crippen LogP contribution in [0.1, 0.15) is 12.5 Å². The summed E-state index contributed by atoms with van der Waals surface area (Å²) in [6.07, 6.45) is 0. The third-order valence-corrected chi connectivity index (χ3v) is 3.00. The summed E-state index contributed by atoms with van der Waals surface area (Å²) in [5, 5.41) is 2.43. The second kappa shape index (κ2) is 5.21. The van der Waals surface area contributed by atoms with Gasteiger partial charge in [-0.1, -0.05) is 6.92 Å². The van der Waals surface area contributed by atoms with Crippen LogP contribution in [-0.2, 0) is 16.7 Å². The molecule has 1 aromatic rings. The first kappa shape index (κ1) is 14.9. The number of rotatable bonds is 4. The van der Waals surface area contributed by atoms with E-state index in [2.05, 4.69) is 5.32 Å². The average Bonchev–Trinajstić information content (AvgIpc) is 2.25. The highest BCUT2D eigenvalue weighted by Crippen LogP contribution is 2.27. The van der Waals surface area contributed by atoms with Crippen molar-refractivity contribution in [2.45, 2.75) is 18.4 Å². The first-order valence-electron chi connectivity index (χ1n) is 4.74. The van der Waals surface area contributed by atoms with Gasteiger partial charge in [-0.05, 0) is 6.54 Å². The Labute approximate surface area is 100 Å². The number of halogens is 4. The Kier molecular flexibility index (Phi) is 4.30. The van der Waals surface area contributed by atoms with Crippen molar-refractivity contribution in [3.63, 3.8) is 0 Å². The fourth-order valence-corrected chi connectivity index (χ4v) is 1.92. The Balaban J connectivity index is 3.56. The lowest BCUT2D eigenvalue weighted by atomic mass is 10.1. The SMILES string of the molecule is CCNCc1c(F)c(F)c(S(=O)(=O)O)c(F)c1F. The maximum Gasteiger partial charge on any atom is 0.300 e. The Morgan fingerprint density at radius 3 is 1.83 bits per heavy atom. The van der Waals surface area contributed by atoms with Crippen molar-refractivity contribution in [2.24, 2.45) is 0 Å². The Morgan fingerprint density at radius 1 is 1.06 bits per heavy atom. The molecule has 0 aliphatic rings. The van der Waals surface area contributed by atoms with Crippen LogP contribution in [0.25, 0.3) is 0 Å². The molecule has 0 unspecified atom stereocenters. The van der Waals surface area contributed by atoms with Crippen LogP contribution in [0, 0.1) is 23.3 Å². The Hall–Kier alpha value is -1.19. The molecule has 9 heteroatoms. The van der Waals surface area contributed by atoms with E-state index in [-0.39, 0.29) is 6.54 Å². The van der Waals surface area contributed by atoms with Crippen LogP contribution in [0.3, 0.4) is 0 Å². The van der Waals surface area contributed by atoms with E-state index in [0.29, 0.717) is 0 Å². The van der Waals surface area contributed by atoms with Crippen molar-refractivity contribution in [1.82, 2.24) is 5.32 Å². The quantitative estimate of drug-likeness (QED) is 0.501. The van der Waals surface area contributed by atoms with Crippen LogP contribution in [-0.4, -0.2) is 19.5 Å². The van der Waals surface area contributed by atoms with Crippen molar-refractivity contribution < 1.29 is 30.5 Å². The summed E-state index contributed by atoms with van der Waals surface area (Å²) in [6, 6.07) is 0. The minimum absolute atomic E-state index is 0.280. The smallest absolute Gasteiger partial charge is 0.300 e. The largest absolute Gasteiger partial charge is 0.313 e. The third kappa shape index (κ3) is 2.62. The lowest BCUT2D eigenvalue weighted by Gasteiger charge is -2.10. The maximum absolute atomic E-state index is 13.4. The molecule has 0 fully saturated rings. The van der Waals surface area contributed by atoms with Crippen molar-refractivity contribution >= 4 is 10.1 Å². The van der Waals surface area contributed by atoms with Gasteiger partial charge in [0.1, 0.15) is 0 Å². The molecule has 0 atom stereocenters. The molecule has 102 valence electrons. The van der Waals surface area contributed by atoms with Gasteiger partial charge in [0.15, 0.2) is 28.2 Å². The third-order valence-electron chi connectivity index (χ3n) is 2.12. The van der Waals surface area contributed by atoms with Gasteiger partial charge in [0.05, 0.1) is 0 Å². The summed E-state index contributed by atoms with van der Waals surface area (Å²) >= 11 is 0. The molecule has 0 radical (unpaired) electrons. The van der Waals surface area contributed by atoms with Crippen LogP contribution in [0.4, 0.5) is 17.6 Å². The van der Waals surface area contributed by atoms with E-state index >= 15 is 0 Å². The first-order valence-corrected chi connectivity index (χ1v) is 6.18. The highest BCUT2D eigenvalue weighted by Gasteiger charge is 2.31. The van der Waals surface area contributed by atoms with E-state index in [1.807, 2.05) is 0 Å². The van der Waals surface area contributed by atoms with Gasteiger partial charge < -0.3 is 5.32 Å². The van der Waals surface area contributed by atoms with Gasteiger partial charge in [-0.15, -0.1) is 0 Å². The van der Waals surface area contributed by atoms with Crippen molar-refractivity contribution in [3.8, 4) is 0 Å². The maximum atomic E-state index is 13.4. The summed E-state index contributed by atoms with van der Waals surface area (Å²) in [5.41, 5.74) is -0.973. The fourth-order valence-electron chi connectivity index (χ4n) is 1.29. The van der Waals surface area contributed by atoms with Gasteiger partial charge in [-0.25, -0.2) is 17.6 Å². The molecular formula is C9H9F4NO3S. The molecule has 0 amide bonds. The standard InChI is InChI=1S/C9H9F4NO3S/c1-2-14-3-4-5(10)7(12)9(18(15,16)17)8(13)6(4)11/h14H,2-3H2,1H3,(H,15,16,17). The van der Waals surface area contributed by atoms with E-state index in [0.717, 1.165) is 0 Å². The molecule has 2 N–H and O–H groups in total. The van der Waals surface area contributed by atoms with Crippen molar-refractivity contribution in [3.05, 3.63) is 28.8 Å². The fraction of sp³-hybridized carbons (Fsp3) is 0.333. The molecule has 0 aliphatic carbocycles. The van der Waals surface area contributed by atoms with E-state index in [1.54, 1.807) is 6.92 Å². The number of hydrogen-bond acceptors (Lipinski definition) is 3. The predicted molar refractivity (Wildman–Crippen MR) is 53.5 cm³/mol. The summed E-state index contributed by atoms with van der Waals surface area (Å²) in [5.74, 6) is -8.02. The van der Waals surface area contributed by atoms with Crippen LogP contribution in [0.2, 0.25) is 0 Å². The highest BCUT2D eigenvalue weighted by molar-refractivity contribution is 7.85. The molecule has 0 saturated carbocycles. The van der Waals surface area contributed by atoms with Crippen LogP contribution >= 0.6 is 0 Å². The lowest BCUT2D eigenvalue weighted by molar-refractivity contribution is 0.391. The number of hydrogen-bond donors (Lipinski definition) is 2. The molecule has 0 saturated heterocycles. The number of benzene rings is 1. The second-order valence-electron chi connectivity index (χ2n) is 3.32. The topological polar surface area (TPSA) is 66.4 Å². The van der Waals surface area contributed by atoms with Crippen molar-refractivity contribution in [2.75, 3.05) is 6.54 Å². The molecule has 0 bridgehead atoms. The Morgan fingerprint density at radius 2 is 1.50 bits per heavy atom. The molecular weight excluding hydrogens is 278 g/mol.